The molecule has 0 spiro atoms. The molecule has 1 rings (SSSR count). The van der Waals surface area contributed by atoms with Crippen LogP contribution in [0.5, 0.6) is 0 Å². The lowest BCUT2D eigenvalue weighted by Crippen LogP contribution is -2.05. The third-order valence-electron chi connectivity index (χ3n) is 3.15. The summed E-state index contributed by atoms with van der Waals surface area (Å²) in [5.41, 5.74) is 0.514. The molecule has 0 saturated heterocycles. The monoisotopic (exact) mass is 354 g/mol. The summed E-state index contributed by atoms with van der Waals surface area (Å²) >= 11 is 0. The Morgan fingerprint density at radius 1 is 0.727 bits per heavy atom. The fourth-order valence-corrected chi connectivity index (χ4v) is 3.93. The van der Waals surface area contributed by atoms with Crippen molar-refractivity contribution in [3.63, 3.8) is 0 Å². The molecule has 10 heteroatoms. The maximum atomic E-state index is 12.1. The molecule has 0 heterocycles. The van der Waals surface area contributed by atoms with Crippen LogP contribution in [-0.2, 0) is 27.2 Å². The van der Waals surface area contributed by atoms with Crippen LogP contribution in [0.2, 0.25) is 0 Å². The van der Waals surface area contributed by atoms with E-state index in [1.807, 2.05) is 0 Å². The van der Waals surface area contributed by atoms with E-state index in [0.717, 1.165) is 0 Å². The Morgan fingerprint density at radius 2 is 0.955 bits per heavy atom. The van der Waals surface area contributed by atoms with E-state index in [1.165, 1.54) is 52.7 Å². The van der Waals surface area contributed by atoms with Crippen LogP contribution >= 0.6 is 15.2 Å². The SMILES string of the molecule is COP(=O)(OC)C(O)c1ccc(C(O)P(=O)(OC)OC)cc1. The van der Waals surface area contributed by atoms with Gasteiger partial charge in [0.2, 0.25) is 0 Å². The van der Waals surface area contributed by atoms with Crippen molar-refractivity contribution in [2.45, 2.75) is 11.7 Å². The van der Waals surface area contributed by atoms with Crippen molar-refractivity contribution in [3.05, 3.63) is 35.4 Å². The average molecular weight is 354 g/mol. The van der Waals surface area contributed by atoms with Crippen LogP contribution in [0.4, 0.5) is 0 Å². The molecule has 0 aromatic heterocycles. The third kappa shape index (κ3) is 3.85. The van der Waals surface area contributed by atoms with Gasteiger partial charge in [-0.2, -0.15) is 0 Å². The fraction of sp³-hybridized carbons (Fsp3) is 0.500. The average Bonchev–Trinajstić information content (AvgIpc) is 2.59. The molecule has 8 nitrogen and oxygen atoms in total. The van der Waals surface area contributed by atoms with Crippen molar-refractivity contribution in [1.29, 1.82) is 0 Å². The van der Waals surface area contributed by atoms with E-state index in [2.05, 4.69) is 0 Å². The van der Waals surface area contributed by atoms with E-state index in [-0.39, 0.29) is 11.1 Å². The Labute approximate surface area is 129 Å². The molecule has 1 aromatic carbocycles. The Hall–Kier alpha value is -0.560. The molecule has 22 heavy (non-hydrogen) atoms. The summed E-state index contributed by atoms with van der Waals surface area (Å²) in [6, 6.07) is 5.63. The van der Waals surface area contributed by atoms with E-state index in [4.69, 9.17) is 18.1 Å². The predicted molar refractivity (Wildman–Crippen MR) is 79.6 cm³/mol. The molecule has 0 saturated carbocycles. The van der Waals surface area contributed by atoms with Crippen molar-refractivity contribution in [3.8, 4) is 0 Å². The topological polar surface area (TPSA) is 112 Å². The third-order valence-corrected chi connectivity index (χ3v) is 6.98. The molecular weight excluding hydrogens is 334 g/mol. The highest BCUT2D eigenvalue weighted by Gasteiger charge is 2.36. The molecule has 1 aromatic rings. The normalized spacial score (nSPS) is 15.5. The summed E-state index contributed by atoms with van der Waals surface area (Å²) in [6.45, 7) is 0. The van der Waals surface area contributed by atoms with Crippen molar-refractivity contribution >= 4 is 15.2 Å². The lowest BCUT2D eigenvalue weighted by atomic mass is 10.1. The van der Waals surface area contributed by atoms with Crippen LogP contribution in [0.15, 0.2) is 24.3 Å². The molecule has 0 amide bonds. The zero-order chi connectivity index (χ0) is 17.0. The minimum absolute atomic E-state index is 0.257. The van der Waals surface area contributed by atoms with E-state index in [9.17, 15) is 19.3 Å². The molecule has 0 aliphatic carbocycles. The first-order valence-electron chi connectivity index (χ1n) is 6.16. The first kappa shape index (κ1) is 19.5. The fourth-order valence-electron chi connectivity index (χ4n) is 1.75. The lowest BCUT2D eigenvalue weighted by Gasteiger charge is -2.22. The van der Waals surface area contributed by atoms with Gasteiger partial charge in [0.1, 0.15) is 0 Å². The number of aliphatic hydroxyl groups is 2. The molecule has 2 unspecified atom stereocenters. The smallest absolute Gasteiger partial charge is 0.362 e. The van der Waals surface area contributed by atoms with Gasteiger partial charge in [0.25, 0.3) is 0 Å². The van der Waals surface area contributed by atoms with E-state index in [1.54, 1.807) is 0 Å². The first-order chi connectivity index (χ1) is 10.3. The van der Waals surface area contributed by atoms with Crippen LogP contribution in [-0.4, -0.2) is 38.7 Å². The van der Waals surface area contributed by atoms with Gasteiger partial charge in [0.05, 0.1) is 0 Å². The maximum absolute atomic E-state index is 12.1. The van der Waals surface area contributed by atoms with Crippen molar-refractivity contribution < 1.29 is 37.4 Å². The minimum Gasteiger partial charge on any atom is -0.376 e. The molecule has 0 aliphatic heterocycles. The van der Waals surface area contributed by atoms with E-state index in [0.29, 0.717) is 0 Å². The summed E-state index contributed by atoms with van der Waals surface area (Å²) in [4.78, 5) is 0. The second kappa shape index (κ2) is 7.81. The summed E-state index contributed by atoms with van der Waals surface area (Å²) in [5.74, 6) is -2.96. The molecule has 0 radical (unpaired) electrons. The Kier molecular flexibility index (Phi) is 6.92. The summed E-state index contributed by atoms with van der Waals surface area (Å²) in [7, 11) is -2.71. The highest BCUT2D eigenvalue weighted by atomic mass is 31.2. The van der Waals surface area contributed by atoms with Crippen LogP contribution in [0.3, 0.4) is 0 Å². The Morgan fingerprint density at radius 3 is 1.14 bits per heavy atom. The Balaban J connectivity index is 3.06. The van der Waals surface area contributed by atoms with Crippen LogP contribution < -0.4 is 0 Å². The minimum atomic E-state index is -3.69. The van der Waals surface area contributed by atoms with Gasteiger partial charge < -0.3 is 28.3 Å². The summed E-state index contributed by atoms with van der Waals surface area (Å²) in [5, 5.41) is 20.1. The standard InChI is InChI=1S/C12H20O8P2/c1-17-21(15,18-2)11(13)9-5-7-10(8-6-9)12(14)22(16,19-3)20-4/h5-8,11-14H,1-4H3. The quantitative estimate of drug-likeness (QED) is 0.685. The molecule has 0 fully saturated rings. The first-order valence-corrected chi connectivity index (χ1v) is 9.38. The molecule has 0 aliphatic rings. The van der Waals surface area contributed by atoms with Gasteiger partial charge in [-0.3, -0.25) is 9.13 Å². The van der Waals surface area contributed by atoms with Gasteiger partial charge in [0, 0.05) is 28.4 Å². The van der Waals surface area contributed by atoms with E-state index < -0.39 is 26.9 Å². The number of hydrogen-bond donors (Lipinski definition) is 2. The lowest BCUT2D eigenvalue weighted by molar-refractivity contribution is 0.174. The van der Waals surface area contributed by atoms with Crippen LogP contribution in [0, 0.1) is 0 Å². The highest BCUT2D eigenvalue weighted by molar-refractivity contribution is 7.54. The van der Waals surface area contributed by atoms with Gasteiger partial charge >= 0.3 is 15.2 Å². The van der Waals surface area contributed by atoms with Gasteiger partial charge in [-0.1, -0.05) is 24.3 Å². The zero-order valence-electron chi connectivity index (χ0n) is 12.7. The second-order valence-electron chi connectivity index (χ2n) is 4.22. The number of aliphatic hydroxyl groups excluding tert-OH is 2. The number of hydrogen-bond acceptors (Lipinski definition) is 8. The molecule has 2 N–H and O–H groups in total. The van der Waals surface area contributed by atoms with Crippen LogP contribution in [0.1, 0.15) is 22.8 Å². The number of rotatable bonds is 8. The molecule has 126 valence electrons. The van der Waals surface area contributed by atoms with Crippen molar-refractivity contribution in [1.82, 2.24) is 0 Å². The maximum Gasteiger partial charge on any atom is 0.362 e. The largest absolute Gasteiger partial charge is 0.376 e. The Bertz CT molecular complexity index is 506. The van der Waals surface area contributed by atoms with Crippen molar-refractivity contribution in [2.24, 2.45) is 0 Å². The summed E-state index contributed by atoms with van der Waals surface area (Å²) < 4.78 is 43.1. The molecule has 0 bridgehead atoms. The van der Waals surface area contributed by atoms with Gasteiger partial charge in [-0.25, -0.2) is 0 Å². The second-order valence-corrected chi connectivity index (χ2v) is 8.82. The highest BCUT2D eigenvalue weighted by Crippen LogP contribution is 2.60. The molecule has 2 atom stereocenters. The molecular formula is C12H20O8P2. The van der Waals surface area contributed by atoms with E-state index >= 15 is 0 Å². The summed E-state index contributed by atoms with van der Waals surface area (Å²) in [6.07, 6.45) is 0. The van der Waals surface area contributed by atoms with Crippen LogP contribution in [0.25, 0.3) is 0 Å². The van der Waals surface area contributed by atoms with Crippen molar-refractivity contribution in [2.75, 3.05) is 28.4 Å². The van der Waals surface area contributed by atoms with Gasteiger partial charge in [0.15, 0.2) is 11.7 Å². The van der Waals surface area contributed by atoms with Gasteiger partial charge in [-0.15, -0.1) is 0 Å². The zero-order valence-corrected chi connectivity index (χ0v) is 14.5. The number of benzene rings is 1. The van der Waals surface area contributed by atoms with Gasteiger partial charge in [-0.05, 0) is 11.1 Å². The predicted octanol–water partition coefficient (Wildman–Crippen LogP) is 2.64.